The van der Waals surface area contributed by atoms with E-state index in [2.05, 4.69) is 22.8 Å². The summed E-state index contributed by atoms with van der Waals surface area (Å²) in [7, 11) is 1.61. The van der Waals surface area contributed by atoms with Crippen molar-refractivity contribution in [2.75, 3.05) is 19.0 Å². The number of methoxy groups -OCH3 is 1. The molecule has 1 aliphatic rings. The summed E-state index contributed by atoms with van der Waals surface area (Å²) in [5.74, 6) is 1.24. The van der Waals surface area contributed by atoms with Crippen LogP contribution in [-0.4, -0.2) is 25.3 Å². The zero-order chi connectivity index (χ0) is 15.1. The number of nitrogens with one attached hydrogen (secondary N) is 2. The molecule has 0 aliphatic heterocycles. The third kappa shape index (κ3) is 4.77. The maximum Gasteiger partial charge on any atom is 0.259 e. The highest BCUT2D eigenvalue weighted by molar-refractivity contribution is 5.88. The van der Waals surface area contributed by atoms with E-state index in [0.29, 0.717) is 5.92 Å². The van der Waals surface area contributed by atoms with Gasteiger partial charge in [0.15, 0.2) is 0 Å². The van der Waals surface area contributed by atoms with Crippen LogP contribution in [0.5, 0.6) is 5.75 Å². The van der Waals surface area contributed by atoms with Gasteiger partial charge in [0.05, 0.1) is 19.3 Å². The van der Waals surface area contributed by atoms with Crippen LogP contribution in [0, 0.1) is 5.92 Å². The highest BCUT2D eigenvalue weighted by atomic mass is 16.5. The first-order valence-electron chi connectivity index (χ1n) is 7.40. The van der Waals surface area contributed by atoms with Gasteiger partial charge in [-0.1, -0.05) is 19.1 Å². The number of carbonyl (C=O) groups excluding carboxylic acids is 1. The summed E-state index contributed by atoms with van der Waals surface area (Å²) in [5.41, 5.74) is 4.52. The van der Waals surface area contributed by atoms with Crippen molar-refractivity contribution >= 4 is 17.3 Å². The Hall–Kier alpha value is -2.04. The van der Waals surface area contributed by atoms with E-state index in [9.17, 15) is 4.79 Å². The van der Waals surface area contributed by atoms with Gasteiger partial charge in [0.1, 0.15) is 5.75 Å². The number of rotatable bonds is 5. The van der Waals surface area contributed by atoms with Crippen molar-refractivity contribution in [3.63, 3.8) is 0 Å². The van der Waals surface area contributed by atoms with Gasteiger partial charge in [0, 0.05) is 5.71 Å². The van der Waals surface area contributed by atoms with Crippen LogP contribution in [0.2, 0.25) is 0 Å². The van der Waals surface area contributed by atoms with Crippen molar-refractivity contribution in [1.29, 1.82) is 0 Å². The van der Waals surface area contributed by atoms with Gasteiger partial charge in [0.25, 0.3) is 5.91 Å². The molecule has 0 radical (unpaired) electrons. The predicted octanol–water partition coefficient (Wildman–Crippen LogP) is 2.79. The van der Waals surface area contributed by atoms with Crippen molar-refractivity contribution in [2.45, 2.75) is 32.6 Å². The Balaban J connectivity index is 1.81. The summed E-state index contributed by atoms with van der Waals surface area (Å²) in [6.45, 7) is 2.40. The molecule has 1 atom stereocenters. The summed E-state index contributed by atoms with van der Waals surface area (Å²) in [5, 5.41) is 7.29. The highest BCUT2D eigenvalue weighted by Gasteiger charge is 2.14. The van der Waals surface area contributed by atoms with E-state index in [0.717, 1.165) is 36.4 Å². The molecule has 2 rings (SSSR count). The molecule has 1 aliphatic carbocycles. The summed E-state index contributed by atoms with van der Waals surface area (Å²) in [4.78, 5) is 11.8. The fourth-order valence-electron chi connectivity index (χ4n) is 2.51. The second-order valence-electron chi connectivity index (χ2n) is 5.47. The normalized spacial score (nSPS) is 20.1. The minimum Gasteiger partial charge on any atom is -0.495 e. The Bertz CT molecular complexity index is 514. The number of hydrazone groups is 1. The van der Waals surface area contributed by atoms with Crippen LogP contribution in [0.25, 0.3) is 0 Å². The van der Waals surface area contributed by atoms with Gasteiger partial charge < -0.3 is 10.1 Å². The lowest BCUT2D eigenvalue weighted by Crippen LogP contribution is -2.28. The fourth-order valence-corrected chi connectivity index (χ4v) is 2.51. The quantitative estimate of drug-likeness (QED) is 0.819. The van der Waals surface area contributed by atoms with Crippen molar-refractivity contribution in [2.24, 2.45) is 11.0 Å². The fraction of sp³-hybridized carbons (Fsp3) is 0.500. The molecule has 21 heavy (non-hydrogen) atoms. The average Bonchev–Trinajstić information content (AvgIpc) is 2.51. The van der Waals surface area contributed by atoms with E-state index >= 15 is 0 Å². The predicted molar refractivity (Wildman–Crippen MR) is 84.7 cm³/mol. The molecule has 0 heterocycles. The molecule has 1 fully saturated rings. The minimum atomic E-state index is -0.147. The maximum absolute atomic E-state index is 11.8. The van der Waals surface area contributed by atoms with Gasteiger partial charge in [-0.15, -0.1) is 0 Å². The van der Waals surface area contributed by atoms with Crippen LogP contribution in [0.1, 0.15) is 32.6 Å². The number of ether oxygens (including phenoxy) is 1. The SMILES string of the molecule is COc1ccccc1NCC(=O)NN=C1CCC[C@@H](C)C1. The van der Waals surface area contributed by atoms with Crippen LogP contribution in [0.15, 0.2) is 29.4 Å². The van der Waals surface area contributed by atoms with Crippen LogP contribution in [0.4, 0.5) is 5.69 Å². The van der Waals surface area contributed by atoms with Crippen molar-refractivity contribution in [3.8, 4) is 5.75 Å². The van der Waals surface area contributed by atoms with E-state index in [1.807, 2.05) is 24.3 Å². The Kier molecular flexibility index (Phi) is 5.60. The molecule has 1 saturated carbocycles. The number of hydrogen-bond acceptors (Lipinski definition) is 4. The zero-order valence-electron chi connectivity index (χ0n) is 12.7. The molecule has 2 N–H and O–H groups in total. The number of carbonyl (C=O) groups is 1. The monoisotopic (exact) mass is 289 g/mol. The topological polar surface area (TPSA) is 62.7 Å². The molecule has 1 aromatic rings. The molecule has 1 aromatic carbocycles. The highest BCUT2D eigenvalue weighted by Crippen LogP contribution is 2.22. The van der Waals surface area contributed by atoms with E-state index in [4.69, 9.17) is 4.74 Å². The van der Waals surface area contributed by atoms with E-state index in [-0.39, 0.29) is 12.5 Å². The first-order valence-corrected chi connectivity index (χ1v) is 7.40. The maximum atomic E-state index is 11.8. The van der Waals surface area contributed by atoms with Gasteiger partial charge in [-0.2, -0.15) is 5.10 Å². The summed E-state index contributed by atoms with van der Waals surface area (Å²) in [6.07, 6.45) is 4.39. The first kappa shape index (κ1) is 15.4. The smallest absolute Gasteiger partial charge is 0.259 e. The molecule has 0 aromatic heterocycles. The van der Waals surface area contributed by atoms with Crippen LogP contribution in [-0.2, 0) is 4.79 Å². The van der Waals surface area contributed by atoms with Gasteiger partial charge in [-0.25, -0.2) is 5.43 Å². The first-order chi connectivity index (χ1) is 10.2. The number of benzene rings is 1. The molecule has 0 unspecified atom stereocenters. The van der Waals surface area contributed by atoms with Crippen molar-refractivity contribution in [1.82, 2.24) is 5.43 Å². The summed E-state index contributed by atoms with van der Waals surface area (Å²) >= 11 is 0. The van der Waals surface area contributed by atoms with Gasteiger partial charge in [-0.3, -0.25) is 4.79 Å². The molecular weight excluding hydrogens is 266 g/mol. The Labute approximate surface area is 125 Å². The van der Waals surface area contributed by atoms with Crippen molar-refractivity contribution in [3.05, 3.63) is 24.3 Å². The van der Waals surface area contributed by atoms with Gasteiger partial charge in [0.2, 0.25) is 0 Å². The van der Waals surface area contributed by atoms with Gasteiger partial charge >= 0.3 is 0 Å². The Morgan fingerprint density at radius 1 is 1.43 bits per heavy atom. The lowest BCUT2D eigenvalue weighted by molar-refractivity contribution is -0.119. The number of nitrogens with zero attached hydrogens (tertiary/aromatic N) is 1. The molecule has 0 saturated heterocycles. The van der Waals surface area contributed by atoms with Crippen LogP contribution < -0.4 is 15.5 Å². The molecule has 1 amide bonds. The molecular formula is C16H23N3O2. The minimum absolute atomic E-state index is 0.147. The lowest BCUT2D eigenvalue weighted by atomic mass is 9.89. The number of anilines is 1. The summed E-state index contributed by atoms with van der Waals surface area (Å²) < 4.78 is 5.22. The largest absolute Gasteiger partial charge is 0.495 e. The van der Waals surface area contributed by atoms with Gasteiger partial charge in [-0.05, 0) is 43.7 Å². The van der Waals surface area contributed by atoms with Crippen LogP contribution >= 0.6 is 0 Å². The summed E-state index contributed by atoms with van der Waals surface area (Å²) in [6, 6.07) is 7.51. The van der Waals surface area contributed by atoms with E-state index in [1.54, 1.807) is 7.11 Å². The molecule has 0 bridgehead atoms. The lowest BCUT2D eigenvalue weighted by Gasteiger charge is -2.19. The second kappa shape index (κ2) is 7.67. The molecule has 5 nitrogen and oxygen atoms in total. The molecule has 5 heteroatoms. The third-order valence-corrected chi connectivity index (χ3v) is 3.63. The number of para-hydroxylation sites is 2. The average molecular weight is 289 g/mol. The van der Waals surface area contributed by atoms with Crippen molar-refractivity contribution < 1.29 is 9.53 Å². The zero-order valence-corrected chi connectivity index (χ0v) is 12.7. The third-order valence-electron chi connectivity index (χ3n) is 3.63. The Morgan fingerprint density at radius 2 is 2.24 bits per heavy atom. The number of amides is 1. The van der Waals surface area contributed by atoms with E-state index < -0.39 is 0 Å². The second-order valence-corrected chi connectivity index (χ2v) is 5.47. The molecule has 0 spiro atoms. The van der Waals surface area contributed by atoms with Crippen LogP contribution in [0.3, 0.4) is 0 Å². The Morgan fingerprint density at radius 3 is 3.00 bits per heavy atom. The standard InChI is InChI=1S/C16H23N3O2/c1-12-6-5-7-13(10-12)18-19-16(20)11-17-14-8-3-4-9-15(14)21-2/h3-4,8-9,12,17H,5-7,10-11H2,1-2H3,(H,19,20)/t12-/m1/s1. The van der Waals surface area contributed by atoms with E-state index in [1.165, 1.54) is 6.42 Å². The number of hydrogen-bond donors (Lipinski definition) is 2. The molecule has 114 valence electrons.